The van der Waals surface area contributed by atoms with Crippen LogP contribution in [0.5, 0.6) is 0 Å². The third kappa shape index (κ3) is 3.08. The number of nitrogen functional groups attached to an aromatic ring is 1. The van der Waals surface area contributed by atoms with Crippen LogP contribution in [-0.2, 0) is 4.74 Å². The number of rotatable bonds is 3. The summed E-state index contributed by atoms with van der Waals surface area (Å²) in [5, 5.41) is 3.07. The van der Waals surface area contributed by atoms with E-state index in [9.17, 15) is 4.79 Å². The van der Waals surface area contributed by atoms with Gasteiger partial charge in [-0.25, -0.2) is 4.98 Å². The minimum atomic E-state index is -0.250. The van der Waals surface area contributed by atoms with E-state index in [2.05, 4.69) is 10.3 Å². The quantitative estimate of drug-likeness (QED) is 0.852. The van der Waals surface area contributed by atoms with Gasteiger partial charge < -0.3 is 15.8 Å². The number of hydrogen-bond acceptors (Lipinski definition) is 4. The van der Waals surface area contributed by atoms with E-state index in [4.69, 9.17) is 22.1 Å². The van der Waals surface area contributed by atoms with Crippen molar-refractivity contribution in [2.24, 2.45) is 0 Å². The number of amides is 1. The zero-order valence-electron chi connectivity index (χ0n) is 9.28. The van der Waals surface area contributed by atoms with Crippen molar-refractivity contribution in [3.63, 3.8) is 0 Å². The highest BCUT2D eigenvalue weighted by Gasteiger charge is 2.17. The number of pyridine rings is 1. The number of carbonyl (C=O) groups is 1. The van der Waals surface area contributed by atoms with E-state index >= 15 is 0 Å². The first-order valence-electron chi connectivity index (χ1n) is 5.47. The van der Waals surface area contributed by atoms with Crippen molar-refractivity contribution in [1.29, 1.82) is 0 Å². The molecule has 1 saturated heterocycles. The van der Waals surface area contributed by atoms with E-state index in [1.165, 1.54) is 12.3 Å². The van der Waals surface area contributed by atoms with Crippen molar-refractivity contribution in [1.82, 2.24) is 10.3 Å². The second kappa shape index (κ2) is 5.33. The molecule has 3 N–H and O–H groups in total. The number of ether oxygens (including phenoxy) is 1. The molecule has 1 fully saturated rings. The lowest BCUT2D eigenvalue weighted by Gasteiger charge is -2.11. The minimum Gasteiger partial charge on any atom is -0.384 e. The van der Waals surface area contributed by atoms with Gasteiger partial charge in [-0.2, -0.15) is 0 Å². The molecule has 0 bridgehead atoms. The van der Waals surface area contributed by atoms with Gasteiger partial charge >= 0.3 is 0 Å². The van der Waals surface area contributed by atoms with Crippen molar-refractivity contribution in [2.45, 2.75) is 18.9 Å². The van der Waals surface area contributed by atoms with E-state index in [-0.39, 0.29) is 17.8 Å². The Morgan fingerprint density at radius 3 is 3.24 bits per heavy atom. The number of halogens is 1. The molecule has 17 heavy (non-hydrogen) atoms. The zero-order chi connectivity index (χ0) is 12.3. The maximum atomic E-state index is 11.8. The average molecular weight is 256 g/mol. The molecule has 0 spiro atoms. The van der Waals surface area contributed by atoms with E-state index < -0.39 is 0 Å². The van der Waals surface area contributed by atoms with Crippen LogP contribution >= 0.6 is 11.6 Å². The molecule has 0 saturated carbocycles. The SMILES string of the molecule is Nc1cc(C(=O)NCC2CCCO2)c(Cl)cn1. The topological polar surface area (TPSA) is 77.2 Å². The summed E-state index contributed by atoms with van der Waals surface area (Å²) >= 11 is 5.88. The molecule has 1 amide bonds. The summed E-state index contributed by atoms with van der Waals surface area (Å²) in [6.45, 7) is 1.26. The Kier molecular flexibility index (Phi) is 3.81. The third-order valence-corrected chi connectivity index (χ3v) is 2.94. The Morgan fingerprint density at radius 1 is 1.71 bits per heavy atom. The second-order valence-corrected chi connectivity index (χ2v) is 4.34. The van der Waals surface area contributed by atoms with Crippen molar-refractivity contribution >= 4 is 23.3 Å². The standard InChI is InChI=1S/C11H14ClN3O2/c12-9-6-14-10(13)4-8(9)11(16)15-5-7-2-1-3-17-7/h4,6-7H,1-3,5H2,(H2,13,14)(H,15,16). The van der Waals surface area contributed by atoms with E-state index in [0.29, 0.717) is 17.1 Å². The number of aromatic nitrogens is 1. The molecule has 6 heteroatoms. The van der Waals surface area contributed by atoms with Gasteiger partial charge in [-0.1, -0.05) is 11.6 Å². The molecule has 1 aliphatic rings. The molecule has 1 atom stereocenters. The lowest BCUT2D eigenvalue weighted by molar-refractivity contribution is 0.0858. The van der Waals surface area contributed by atoms with Gasteiger partial charge in [0.1, 0.15) is 5.82 Å². The monoisotopic (exact) mass is 255 g/mol. The van der Waals surface area contributed by atoms with Crippen molar-refractivity contribution in [3.05, 3.63) is 22.8 Å². The predicted octanol–water partition coefficient (Wildman–Crippen LogP) is 1.23. The van der Waals surface area contributed by atoms with Crippen LogP contribution in [0, 0.1) is 0 Å². The summed E-state index contributed by atoms with van der Waals surface area (Å²) in [7, 11) is 0. The number of nitrogens with two attached hydrogens (primary N) is 1. The van der Waals surface area contributed by atoms with Crippen LogP contribution in [0.1, 0.15) is 23.2 Å². The van der Waals surface area contributed by atoms with Crippen LogP contribution < -0.4 is 11.1 Å². The molecule has 2 heterocycles. The molecule has 1 unspecified atom stereocenters. The summed E-state index contributed by atoms with van der Waals surface area (Å²) in [5.74, 6) is 0.0243. The molecule has 5 nitrogen and oxygen atoms in total. The van der Waals surface area contributed by atoms with E-state index in [0.717, 1.165) is 19.4 Å². The Labute approximate surface area is 104 Å². The molecule has 0 radical (unpaired) electrons. The molecule has 2 rings (SSSR count). The maximum Gasteiger partial charge on any atom is 0.253 e. The smallest absolute Gasteiger partial charge is 0.253 e. The van der Waals surface area contributed by atoms with Gasteiger partial charge in [0.05, 0.1) is 16.7 Å². The fraction of sp³-hybridized carbons (Fsp3) is 0.455. The van der Waals surface area contributed by atoms with Gasteiger partial charge in [-0.15, -0.1) is 0 Å². The third-order valence-electron chi connectivity index (χ3n) is 2.64. The number of carbonyl (C=O) groups excluding carboxylic acids is 1. The summed E-state index contributed by atoms with van der Waals surface area (Å²) in [4.78, 5) is 15.6. The van der Waals surface area contributed by atoms with Gasteiger partial charge in [0.15, 0.2) is 0 Å². The lowest BCUT2D eigenvalue weighted by atomic mass is 10.2. The van der Waals surface area contributed by atoms with Crippen LogP contribution in [-0.4, -0.2) is 30.1 Å². The molecule has 1 aliphatic heterocycles. The van der Waals surface area contributed by atoms with Crippen molar-refractivity contribution < 1.29 is 9.53 Å². The second-order valence-electron chi connectivity index (χ2n) is 3.93. The summed E-state index contributed by atoms with van der Waals surface area (Å²) in [6, 6.07) is 1.47. The van der Waals surface area contributed by atoms with Crippen molar-refractivity contribution in [2.75, 3.05) is 18.9 Å². The molecule has 1 aromatic heterocycles. The van der Waals surface area contributed by atoms with Gasteiger partial charge in [-0.05, 0) is 18.9 Å². The highest BCUT2D eigenvalue weighted by Crippen LogP contribution is 2.17. The normalized spacial score (nSPS) is 19.2. The van der Waals surface area contributed by atoms with Gasteiger partial charge in [-0.3, -0.25) is 4.79 Å². The molecule has 1 aromatic rings. The van der Waals surface area contributed by atoms with Gasteiger partial charge in [0.2, 0.25) is 0 Å². The minimum absolute atomic E-state index is 0.108. The fourth-order valence-electron chi connectivity index (χ4n) is 1.74. The average Bonchev–Trinajstić information content (AvgIpc) is 2.82. The molecule has 0 aliphatic carbocycles. The maximum absolute atomic E-state index is 11.8. The first-order valence-corrected chi connectivity index (χ1v) is 5.85. The van der Waals surface area contributed by atoms with Crippen molar-refractivity contribution in [3.8, 4) is 0 Å². The molecular weight excluding hydrogens is 242 g/mol. The van der Waals surface area contributed by atoms with Crippen LogP contribution in [0.4, 0.5) is 5.82 Å². The van der Waals surface area contributed by atoms with Gasteiger partial charge in [0, 0.05) is 19.3 Å². The highest BCUT2D eigenvalue weighted by atomic mass is 35.5. The Morgan fingerprint density at radius 2 is 2.53 bits per heavy atom. The highest BCUT2D eigenvalue weighted by molar-refractivity contribution is 6.33. The summed E-state index contributed by atoms with van der Waals surface area (Å²) < 4.78 is 5.41. The first kappa shape index (κ1) is 12.1. The fourth-order valence-corrected chi connectivity index (χ4v) is 1.93. The Bertz CT molecular complexity index is 419. The van der Waals surface area contributed by atoms with Gasteiger partial charge in [0.25, 0.3) is 5.91 Å². The van der Waals surface area contributed by atoms with E-state index in [1.54, 1.807) is 0 Å². The first-order chi connectivity index (χ1) is 8.16. The zero-order valence-corrected chi connectivity index (χ0v) is 10.0. The van der Waals surface area contributed by atoms with Crippen LogP contribution in [0.2, 0.25) is 5.02 Å². The number of nitrogens with zero attached hydrogens (tertiary/aromatic N) is 1. The largest absolute Gasteiger partial charge is 0.384 e. The predicted molar refractivity (Wildman–Crippen MR) is 65.0 cm³/mol. The van der Waals surface area contributed by atoms with E-state index in [1.807, 2.05) is 0 Å². The van der Waals surface area contributed by atoms with Crippen LogP contribution in [0.25, 0.3) is 0 Å². The van der Waals surface area contributed by atoms with Crippen LogP contribution in [0.15, 0.2) is 12.3 Å². The van der Waals surface area contributed by atoms with Crippen LogP contribution in [0.3, 0.4) is 0 Å². The lowest BCUT2D eigenvalue weighted by Crippen LogP contribution is -2.32. The summed E-state index contributed by atoms with van der Waals surface area (Å²) in [5.41, 5.74) is 5.85. The molecular formula is C11H14ClN3O2. The molecule has 92 valence electrons. The number of hydrogen-bond donors (Lipinski definition) is 2. The molecule has 0 aromatic carbocycles. The Balaban J connectivity index is 1.96. The number of nitrogens with one attached hydrogen (secondary N) is 1. The summed E-state index contributed by atoms with van der Waals surface area (Å²) in [6.07, 6.45) is 3.50. The number of anilines is 1. The Hall–Kier alpha value is -1.33.